The topological polar surface area (TPSA) is 43.4 Å². The number of hydrogen-bond donors (Lipinski definition) is 1. The van der Waals surface area contributed by atoms with Crippen molar-refractivity contribution in [2.45, 2.75) is 43.2 Å². The maximum Gasteiger partial charge on any atom is 0.141 e. The van der Waals surface area contributed by atoms with E-state index in [9.17, 15) is 4.39 Å². The Balaban J connectivity index is 1.47. The van der Waals surface area contributed by atoms with Crippen LogP contribution < -0.4 is 5.32 Å². The molecule has 3 heterocycles. The molecule has 4 nitrogen and oxygen atoms in total. The summed E-state index contributed by atoms with van der Waals surface area (Å²) in [4.78, 5) is 4.45. The highest BCUT2D eigenvalue weighted by Crippen LogP contribution is 2.46. The van der Waals surface area contributed by atoms with Gasteiger partial charge in [-0.2, -0.15) is 0 Å². The first-order valence-corrected chi connectivity index (χ1v) is 10.7. The molecule has 156 valence electrons. The van der Waals surface area contributed by atoms with Crippen molar-refractivity contribution in [3.05, 3.63) is 63.6 Å². The third-order valence-electron chi connectivity index (χ3n) is 6.02. The van der Waals surface area contributed by atoms with Crippen molar-refractivity contribution in [2.24, 2.45) is 0 Å². The molecule has 0 bridgehead atoms. The molecule has 2 aliphatic heterocycles. The van der Waals surface area contributed by atoms with Crippen molar-refractivity contribution < 1.29 is 13.9 Å². The molecular weight excluding hydrogens is 414 g/mol. The lowest BCUT2D eigenvalue weighted by Crippen LogP contribution is -2.49. The summed E-state index contributed by atoms with van der Waals surface area (Å²) in [5, 5.41) is 4.76. The third kappa shape index (κ3) is 4.92. The fourth-order valence-corrected chi connectivity index (χ4v) is 5.16. The van der Waals surface area contributed by atoms with Gasteiger partial charge in [-0.3, -0.25) is 4.98 Å². The van der Waals surface area contributed by atoms with Crippen molar-refractivity contribution in [2.75, 3.05) is 26.4 Å². The van der Waals surface area contributed by atoms with Gasteiger partial charge >= 0.3 is 0 Å². The summed E-state index contributed by atoms with van der Waals surface area (Å²) in [5.74, 6) is -0.314. The lowest BCUT2D eigenvalue weighted by atomic mass is 9.68. The molecule has 1 N–H and O–H groups in total. The second kappa shape index (κ2) is 8.86. The van der Waals surface area contributed by atoms with E-state index >= 15 is 0 Å². The van der Waals surface area contributed by atoms with E-state index in [-0.39, 0.29) is 16.8 Å². The zero-order valence-corrected chi connectivity index (χ0v) is 17.7. The lowest BCUT2D eigenvalue weighted by Gasteiger charge is -2.45. The van der Waals surface area contributed by atoms with Crippen LogP contribution in [0.3, 0.4) is 0 Å². The molecule has 2 saturated heterocycles. The predicted molar refractivity (Wildman–Crippen MR) is 112 cm³/mol. The van der Waals surface area contributed by atoms with Crippen LogP contribution in [-0.2, 0) is 21.4 Å². The Labute approximate surface area is 180 Å². The number of hydrogen-bond acceptors (Lipinski definition) is 4. The van der Waals surface area contributed by atoms with E-state index in [2.05, 4.69) is 10.3 Å². The zero-order chi connectivity index (χ0) is 20.3. The number of benzene rings is 1. The molecule has 0 unspecified atom stereocenters. The van der Waals surface area contributed by atoms with Crippen LogP contribution in [0.1, 0.15) is 36.9 Å². The Morgan fingerprint density at radius 3 is 2.62 bits per heavy atom. The standard InChI is InChI=1S/C22H25Cl2FN2O2/c23-17-9-16(10-18(24)11-17)12-26-6-3-21(20-2-1-19(25)13-27-20)4-8-29-22(14-21)5-7-28-15-22/h1-2,9-11,13,26H,3-8,12,14-15H2/t21-,22-/m1/s1. The number of nitrogens with zero attached hydrogens (tertiary/aromatic N) is 1. The number of pyridine rings is 1. The SMILES string of the molecule is Fc1ccc([C@]2(CCNCc3cc(Cl)cc(Cl)c3)CCO[C@]3(CCOC3)C2)nc1. The second-order valence-electron chi connectivity index (χ2n) is 8.11. The summed E-state index contributed by atoms with van der Waals surface area (Å²) in [6.45, 7) is 3.47. The van der Waals surface area contributed by atoms with Crippen LogP contribution in [0.25, 0.3) is 0 Å². The van der Waals surface area contributed by atoms with E-state index < -0.39 is 0 Å². The molecule has 2 atom stereocenters. The average molecular weight is 439 g/mol. The fourth-order valence-electron chi connectivity index (χ4n) is 4.58. The monoisotopic (exact) mass is 438 g/mol. The molecule has 1 aromatic carbocycles. The van der Waals surface area contributed by atoms with Crippen LogP contribution in [0, 0.1) is 5.82 Å². The molecule has 1 aromatic heterocycles. The fraction of sp³-hybridized carbons (Fsp3) is 0.500. The van der Waals surface area contributed by atoms with Crippen LogP contribution >= 0.6 is 23.2 Å². The summed E-state index contributed by atoms with van der Waals surface area (Å²) in [6.07, 6.45) is 4.78. The van der Waals surface area contributed by atoms with Crippen molar-refractivity contribution in [1.82, 2.24) is 10.3 Å². The van der Waals surface area contributed by atoms with Crippen LogP contribution in [0.15, 0.2) is 36.5 Å². The van der Waals surface area contributed by atoms with Crippen LogP contribution in [0.4, 0.5) is 4.39 Å². The molecule has 0 amide bonds. The molecular formula is C22H25Cl2FN2O2. The highest BCUT2D eigenvalue weighted by molar-refractivity contribution is 6.34. The predicted octanol–water partition coefficient (Wildman–Crippen LogP) is 4.91. The molecule has 1 spiro atoms. The molecule has 4 rings (SSSR count). The van der Waals surface area contributed by atoms with E-state index in [0.29, 0.717) is 29.8 Å². The van der Waals surface area contributed by atoms with Crippen molar-refractivity contribution >= 4 is 23.2 Å². The Bertz CT molecular complexity index is 823. The molecule has 0 radical (unpaired) electrons. The largest absolute Gasteiger partial charge is 0.378 e. The highest BCUT2D eigenvalue weighted by atomic mass is 35.5. The van der Waals surface area contributed by atoms with E-state index in [4.69, 9.17) is 32.7 Å². The van der Waals surface area contributed by atoms with Gasteiger partial charge in [-0.25, -0.2) is 4.39 Å². The van der Waals surface area contributed by atoms with Gasteiger partial charge in [0.2, 0.25) is 0 Å². The van der Waals surface area contributed by atoms with Crippen LogP contribution in [0.5, 0.6) is 0 Å². The van der Waals surface area contributed by atoms with E-state index in [1.54, 1.807) is 6.07 Å². The molecule has 2 aromatic rings. The summed E-state index contributed by atoms with van der Waals surface area (Å²) in [7, 11) is 0. The lowest BCUT2D eigenvalue weighted by molar-refractivity contribution is -0.109. The summed E-state index contributed by atoms with van der Waals surface area (Å²) >= 11 is 12.2. The normalized spacial score (nSPS) is 26.9. The molecule has 0 saturated carbocycles. The first kappa shape index (κ1) is 21.0. The van der Waals surface area contributed by atoms with Gasteiger partial charge in [0, 0.05) is 47.3 Å². The van der Waals surface area contributed by atoms with Gasteiger partial charge in [0.1, 0.15) is 5.82 Å². The minimum Gasteiger partial charge on any atom is -0.378 e. The van der Waals surface area contributed by atoms with Crippen molar-refractivity contribution in [3.63, 3.8) is 0 Å². The third-order valence-corrected chi connectivity index (χ3v) is 6.46. The van der Waals surface area contributed by atoms with E-state index in [1.165, 1.54) is 12.3 Å². The maximum absolute atomic E-state index is 13.5. The number of ether oxygens (including phenoxy) is 2. The molecule has 2 aliphatic rings. The number of halogens is 3. The number of aromatic nitrogens is 1. The molecule has 29 heavy (non-hydrogen) atoms. The molecule has 0 aliphatic carbocycles. The van der Waals surface area contributed by atoms with Crippen molar-refractivity contribution in [1.29, 1.82) is 0 Å². The highest BCUT2D eigenvalue weighted by Gasteiger charge is 2.49. The first-order valence-electron chi connectivity index (χ1n) is 9.98. The van der Waals surface area contributed by atoms with Crippen molar-refractivity contribution in [3.8, 4) is 0 Å². The summed E-state index contributed by atoms with van der Waals surface area (Å²) in [5.41, 5.74) is 1.55. The summed E-state index contributed by atoms with van der Waals surface area (Å²) < 4.78 is 25.3. The Kier molecular flexibility index (Phi) is 6.42. The zero-order valence-electron chi connectivity index (χ0n) is 16.2. The molecule has 2 fully saturated rings. The van der Waals surface area contributed by atoms with Gasteiger partial charge in [-0.15, -0.1) is 0 Å². The van der Waals surface area contributed by atoms with Gasteiger partial charge in [0.05, 0.1) is 18.4 Å². The van der Waals surface area contributed by atoms with Gasteiger partial charge in [0.15, 0.2) is 0 Å². The number of rotatable bonds is 6. The average Bonchev–Trinajstić information content (AvgIpc) is 3.12. The minimum absolute atomic E-state index is 0.168. The Morgan fingerprint density at radius 1 is 1.10 bits per heavy atom. The first-order chi connectivity index (χ1) is 14.0. The van der Waals surface area contributed by atoms with E-state index in [0.717, 1.165) is 50.1 Å². The van der Waals surface area contributed by atoms with Gasteiger partial charge in [-0.05, 0) is 61.7 Å². The summed E-state index contributed by atoms with van der Waals surface area (Å²) in [6, 6.07) is 8.88. The van der Waals surface area contributed by atoms with Gasteiger partial charge in [-0.1, -0.05) is 23.2 Å². The second-order valence-corrected chi connectivity index (χ2v) is 8.98. The van der Waals surface area contributed by atoms with Crippen LogP contribution in [-0.4, -0.2) is 37.0 Å². The Morgan fingerprint density at radius 2 is 1.93 bits per heavy atom. The van der Waals surface area contributed by atoms with Gasteiger partial charge in [0.25, 0.3) is 0 Å². The van der Waals surface area contributed by atoms with E-state index in [1.807, 2.05) is 18.2 Å². The maximum atomic E-state index is 13.5. The number of nitrogens with one attached hydrogen (secondary N) is 1. The Hall–Kier alpha value is -1.24. The molecule has 7 heteroatoms. The van der Waals surface area contributed by atoms with Crippen LogP contribution in [0.2, 0.25) is 10.0 Å². The van der Waals surface area contributed by atoms with Gasteiger partial charge < -0.3 is 14.8 Å². The quantitative estimate of drug-likeness (QED) is 0.650. The minimum atomic E-state index is -0.314. The smallest absolute Gasteiger partial charge is 0.141 e.